The van der Waals surface area contributed by atoms with Crippen molar-refractivity contribution >= 4 is 43.6 Å². The Morgan fingerprint density at radius 1 is 0.800 bits per heavy atom. The van der Waals surface area contributed by atoms with Crippen molar-refractivity contribution in [2.24, 2.45) is 30.7 Å². The number of phenolic OH excluding ortho intramolecular Hbond substituents is 3. The zero-order chi connectivity index (χ0) is 31.5. The van der Waals surface area contributed by atoms with Gasteiger partial charge in [0.15, 0.2) is 0 Å². The first kappa shape index (κ1) is 33.4. The predicted molar refractivity (Wildman–Crippen MR) is 159 cm³/mol. The van der Waals surface area contributed by atoms with Crippen molar-refractivity contribution in [2.45, 2.75) is 23.4 Å². The summed E-state index contributed by atoms with van der Waals surface area (Å²) in [5.41, 5.74) is 0.558. The Morgan fingerprint density at radius 3 is 1.98 bits per heavy atom. The molecular weight excluding hydrogens is 611 g/mol. The van der Waals surface area contributed by atoms with Gasteiger partial charge >= 0.3 is 29.6 Å². The summed E-state index contributed by atoms with van der Waals surface area (Å²) in [6.45, 7) is 1.79. The fraction of sp³-hybridized carbons (Fsp3) is 0.133. The van der Waals surface area contributed by atoms with Crippen molar-refractivity contribution in [1.82, 2.24) is 0 Å². The number of hydrogen-bond acceptors (Lipinski definition) is 13. The molecule has 5 rings (SSSR count). The fourth-order valence-electron chi connectivity index (χ4n) is 4.29. The number of azo groups is 3. The van der Waals surface area contributed by atoms with Gasteiger partial charge in [-0.25, -0.2) is 8.42 Å². The first-order valence-electron chi connectivity index (χ1n) is 13.0. The van der Waals surface area contributed by atoms with E-state index in [1.54, 1.807) is 61.5 Å². The maximum Gasteiger partial charge on any atom is 1.00 e. The van der Waals surface area contributed by atoms with E-state index < -0.39 is 32.3 Å². The predicted octanol–water partition coefficient (Wildman–Crippen LogP) is 4.38. The molecule has 0 fully saturated rings. The third-order valence-corrected chi connectivity index (χ3v) is 7.38. The van der Waals surface area contributed by atoms with E-state index in [2.05, 4.69) is 30.7 Å². The molecule has 2 unspecified atom stereocenters. The van der Waals surface area contributed by atoms with Crippen molar-refractivity contribution in [3.8, 4) is 17.2 Å². The first-order valence-corrected chi connectivity index (χ1v) is 14.4. The van der Waals surface area contributed by atoms with Gasteiger partial charge in [0.05, 0.1) is 29.1 Å². The fourth-order valence-corrected chi connectivity index (χ4v) is 4.94. The van der Waals surface area contributed by atoms with Crippen molar-refractivity contribution in [1.29, 1.82) is 0 Å². The molecule has 15 heteroatoms. The Bertz CT molecular complexity index is 1980. The van der Waals surface area contributed by atoms with Crippen molar-refractivity contribution < 1.29 is 62.6 Å². The Labute approximate surface area is 280 Å². The molecule has 0 spiro atoms. The summed E-state index contributed by atoms with van der Waals surface area (Å²) in [6.07, 6.45) is 5.05. The van der Waals surface area contributed by atoms with Crippen LogP contribution in [0, 0.1) is 0 Å². The normalized spacial score (nSPS) is 18.5. The molecule has 3 N–H and O–H groups in total. The molecule has 1 aliphatic carbocycles. The average Bonchev–Trinajstić information content (AvgIpc) is 3.00. The maximum absolute atomic E-state index is 12.0. The monoisotopic (exact) mass is 636 g/mol. The summed E-state index contributed by atoms with van der Waals surface area (Å²) in [5.74, 6) is -0.192. The van der Waals surface area contributed by atoms with Gasteiger partial charge in [0.2, 0.25) is 0 Å². The van der Waals surface area contributed by atoms with Crippen LogP contribution in [0.3, 0.4) is 0 Å². The van der Waals surface area contributed by atoms with Gasteiger partial charge in [-0.1, -0.05) is 12.2 Å². The number of benzene rings is 4. The third-order valence-electron chi connectivity index (χ3n) is 6.53. The molecule has 0 radical (unpaired) electrons. The van der Waals surface area contributed by atoms with E-state index in [9.17, 15) is 28.3 Å². The standard InChI is InChI=1S/C30H26N6O7S.Na/c1-30(36-33-20-5-3-18(4-6-20)31-32-19-7-9-21(37)10-8-19)14-13-25(27(17-30)43-2)34-35-29-23-12-11-22(38)15-24(23)26(39)16-28(29)44(40,41)42;/h3-17,25,37-39H,1-2H3,(H,40,41,42);/q;+1/p-1. The number of phenols is 3. The molecule has 13 nitrogen and oxygen atoms in total. The molecule has 4 aromatic rings. The number of rotatable bonds is 8. The summed E-state index contributed by atoms with van der Waals surface area (Å²) in [5, 5.41) is 55.0. The summed E-state index contributed by atoms with van der Waals surface area (Å²) in [6, 6.07) is 17.1. The summed E-state index contributed by atoms with van der Waals surface area (Å²) in [4.78, 5) is -0.758. The zero-order valence-electron chi connectivity index (χ0n) is 24.3. The van der Waals surface area contributed by atoms with Crippen LogP contribution in [0.5, 0.6) is 17.2 Å². The number of ether oxygens (including phenoxy) is 1. The van der Waals surface area contributed by atoms with Crippen LogP contribution in [0.2, 0.25) is 0 Å². The van der Waals surface area contributed by atoms with E-state index in [0.29, 0.717) is 22.8 Å². The van der Waals surface area contributed by atoms with E-state index in [1.807, 2.05) is 0 Å². The first-order chi connectivity index (χ1) is 20.9. The molecular formula is C30H25N6NaO7S. The molecule has 0 aliphatic heterocycles. The minimum absolute atomic E-state index is 0. The van der Waals surface area contributed by atoms with Crippen LogP contribution < -0.4 is 29.6 Å². The third kappa shape index (κ3) is 7.98. The summed E-state index contributed by atoms with van der Waals surface area (Å²) < 4.78 is 41.4. The number of fused-ring (bicyclic) bond motifs is 1. The molecule has 4 aromatic carbocycles. The van der Waals surface area contributed by atoms with E-state index in [-0.39, 0.29) is 57.5 Å². The Hall–Kier alpha value is -4.47. The van der Waals surface area contributed by atoms with E-state index in [0.717, 1.165) is 6.07 Å². The molecule has 0 saturated carbocycles. The van der Waals surface area contributed by atoms with Crippen molar-refractivity contribution in [3.63, 3.8) is 0 Å². The molecule has 0 heterocycles. The second kappa shape index (κ2) is 13.7. The van der Waals surface area contributed by atoms with Gasteiger partial charge in [-0.2, -0.15) is 30.7 Å². The van der Waals surface area contributed by atoms with Crippen LogP contribution in [0.4, 0.5) is 22.7 Å². The van der Waals surface area contributed by atoms with Crippen LogP contribution in [0.1, 0.15) is 6.92 Å². The molecule has 0 bridgehead atoms. The molecule has 0 amide bonds. The van der Waals surface area contributed by atoms with Gasteiger partial charge in [0.25, 0.3) is 0 Å². The van der Waals surface area contributed by atoms with Crippen LogP contribution in [-0.4, -0.2) is 47.0 Å². The van der Waals surface area contributed by atoms with E-state index >= 15 is 0 Å². The number of nitrogens with zero attached hydrogens (tertiary/aromatic N) is 6. The molecule has 2 atom stereocenters. The van der Waals surface area contributed by atoms with Crippen molar-refractivity contribution in [2.75, 3.05) is 7.11 Å². The minimum Gasteiger partial charge on any atom is -0.744 e. The molecule has 0 aromatic heterocycles. The van der Waals surface area contributed by atoms with Gasteiger partial charge in [0.1, 0.15) is 50.4 Å². The van der Waals surface area contributed by atoms with E-state index in [1.165, 1.54) is 37.4 Å². The molecule has 0 saturated heterocycles. The topological polar surface area (TPSA) is 201 Å². The molecule has 45 heavy (non-hydrogen) atoms. The molecule has 224 valence electrons. The minimum atomic E-state index is -5.04. The largest absolute Gasteiger partial charge is 1.00 e. The Balaban J connectivity index is 0.00000461. The SMILES string of the molecule is COC1=CC(C)(N=Nc2ccc(N=Nc3ccc(O)cc3)cc2)C=CC1N=Nc1c(S(=O)(=O)[O-])cc(O)c2cc(O)ccc12.[Na+]. The van der Waals surface area contributed by atoms with Crippen LogP contribution in [0.15, 0.2) is 132 Å². The smallest absolute Gasteiger partial charge is 0.744 e. The number of aromatic hydroxyl groups is 3. The Morgan fingerprint density at radius 2 is 1.38 bits per heavy atom. The van der Waals surface area contributed by atoms with Gasteiger partial charge in [-0.05, 0) is 79.7 Å². The maximum atomic E-state index is 12.0. The second-order valence-electron chi connectivity index (χ2n) is 9.86. The van der Waals surface area contributed by atoms with Crippen LogP contribution in [-0.2, 0) is 14.9 Å². The van der Waals surface area contributed by atoms with Gasteiger partial charge in [-0.15, -0.1) is 0 Å². The van der Waals surface area contributed by atoms with Gasteiger partial charge < -0.3 is 24.6 Å². The zero-order valence-corrected chi connectivity index (χ0v) is 27.1. The van der Waals surface area contributed by atoms with Crippen LogP contribution >= 0.6 is 0 Å². The quantitative estimate of drug-likeness (QED) is 0.110. The Kier molecular flexibility index (Phi) is 10.2. The van der Waals surface area contributed by atoms with Gasteiger partial charge in [-0.3, -0.25) is 0 Å². The number of methoxy groups -OCH3 is 1. The second-order valence-corrected chi connectivity index (χ2v) is 11.2. The van der Waals surface area contributed by atoms with E-state index in [4.69, 9.17) is 4.74 Å². The summed E-state index contributed by atoms with van der Waals surface area (Å²) >= 11 is 0. The van der Waals surface area contributed by atoms with Gasteiger partial charge in [0, 0.05) is 16.8 Å². The summed E-state index contributed by atoms with van der Waals surface area (Å²) in [7, 11) is -3.61. The van der Waals surface area contributed by atoms with Crippen molar-refractivity contribution in [3.05, 3.63) is 96.8 Å². The number of hydrogen-bond donors (Lipinski definition) is 3. The molecule has 1 aliphatic rings. The average molecular weight is 637 g/mol. The van der Waals surface area contributed by atoms with Crippen LogP contribution in [0.25, 0.3) is 10.8 Å².